The number of amides is 1. The maximum Gasteiger partial charge on any atom is 0.342 e. The number of hydrogen-bond donors (Lipinski definition) is 2. The number of hydrogen-bond acceptors (Lipinski definition) is 4. The summed E-state index contributed by atoms with van der Waals surface area (Å²) in [5, 5.41) is 12.5. The number of aliphatic carboxylic acids is 1. The van der Waals surface area contributed by atoms with Gasteiger partial charge in [0.05, 0.1) is 6.54 Å². The molecule has 1 aliphatic rings. The highest BCUT2D eigenvalue weighted by molar-refractivity contribution is 8.18. The van der Waals surface area contributed by atoms with Crippen molar-refractivity contribution in [2.24, 2.45) is 4.99 Å². The molecule has 20 heavy (non-hydrogen) atoms. The van der Waals surface area contributed by atoms with E-state index in [1.165, 1.54) is 6.08 Å². The number of carbonyl (C=O) groups excluding carboxylic acids is 1. The molecule has 0 saturated heterocycles. The molecule has 0 fully saturated rings. The Morgan fingerprint density at radius 2 is 2.20 bits per heavy atom. The van der Waals surface area contributed by atoms with Gasteiger partial charge in [0, 0.05) is 11.4 Å². The fraction of sp³-hybridized carbons (Fsp3) is 0.154. The Bertz CT molecular complexity index is 613. The molecule has 0 saturated carbocycles. The average Bonchev–Trinajstić information content (AvgIpc) is 2.40. The highest BCUT2D eigenvalue weighted by atomic mass is 35.5. The second-order valence-corrected chi connectivity index (χ2v) is 5.36. The van der Waals surface area contributed by atoms with Gasteiger partial charge in [0.25, 0.3) is 0 Å². The van der Waals surface area contributed by atoms with Gasteiger partial charge < -0.3 is 10.4 Å². The maximum absolute atomic E-state index is 11.3. The Balaban J connectivity index is 2.24. The van der Waals surface area contributed by atoms with E-state index < -0.39 is 5.97 Å². The topological polar surface area (TPSA) is 78.8 Å². The summed E-state index contributed by atoms with van der Waals surface area (Å²) in [7, 11) is 0. The minimum absolute atomic E-state index is 0.0408. The zero-order valence-corrected chi connectivity index (χ0v) is 11.9. The summed E-state index contributed by atoms with van der Waals surface area (Å²) < 4.78 is 0. The predicted molar refractivity (Wildman–Crippen MR) is 79.7 cm³/mol. The summed E-state index contributed by atoms with van der Waals surface area (Å²) in [5.41, 5.74) is 0.599. The van der Waals surface area contributed by atoms with Crippen LogP contribution in [0, 0.1) is 0 Å². The molecule has 1 aliphatic heterocycles. The third-order valence-electron chi connectivity index (χ3n) is 2.45. The van der Waals surface area contributed by atoms with Crippen LogP contribution in [0.2, 0.25) is 5.02 Å². The van der Waals surface area contributed by atoms with Crippen molar-refractivity contribution in [3.8, 4) is 0 Å². The molecule has 1 amide bonds. The first-order valence-corrected chi connectivity index (χ1v) is 6.97. The zero-order chi connectivity index (χ0) is 14.5. The number of nitrogens with zero attached hydrogens (tertiary/aromatic N) is 1. The van der Waals surface area contributed by atoms with Gasteiger partial charge in [0.1, 0.15) is 4.91 Å². The third-order valence-corrected chi connectivity index (χ3v) is 3.73. The van der Waals surface area contributed by atoms with Gasteiger partial charge in [-0.25, -0.2) is 4.79 Å². The van der Waals surface area contributed by atoms with Crippen LogP contribution in [0.15, 0.2) is 34.2 Å². The molecule has 1 aromatic rings. The SMILES string of the molecule is O=C1CCN=C(SC(=Cc2ccccc2Cl)C(=O)O)N1. The minimum Gasteiger partial charge on any atom is -0.477 e. The van der Waals surface area contributed by atoms with E-state index in [-0.39, 0.29) is 10.8 Å². The first kappa shape index (κ1) is 14.6. The lowest BCUT2D eigenvalue weighted by Gasteiger charge is -2.12. The van der Waals surface area contributed by atoms with Crippen LogP contribution in [-0.2, 0) is 9.59 Å². The molecule has 7 heteroatoms. The summed E-state index contributed by atoms with van der Waals surface area (Å²) in [6.07, 6.45) is 1.78. The van der Waals surface area contributed by atoms with Crippen LogP contribution in [0.25, 0.3) is 6.08 Å². The lowest BCUT2D eigenvalue weighted by molar-refractivity contribution is -0.131. The molecule has 5 nitrogen and oxygen atoms in total. The van der Waals surface area contributed by atoms with Gasteiger partial charge in [-0.05, 0) is 29.5 Å². The van der Waals surface area contributed by atoms with Crippen molar-refractivity contribution in [3.63, 3.8) is 0 Å². The van der Waals surface area contributed by atoms with Gasteiger partial charge >= 0.3 is 5.97 Å². The Hall–Kier alpha value is -1.79. The Kier molecular flexibility index (Phi) is 4.81. The van der Waals surface area contributed by atoms with Gasteiger partial charge in [-0.15, -0.1) is 0 Å². The van der Waals surface area contributed by atoms with E-state index in [9.17, 15) is 14.7 Å². The van der Waals surface area contributed by atoms with E-state index in [2.05, 4.69) is 10.3 Å². The van der Waals surface area contributed by atoms with Crippen LogP contribution >= 0.6 is 23.4 Å². The summed E-state index contributed by atoms with van der Waals surface area (Å²) in [4.78, 5) is 26.6. The lowest BCUT2D eigenvalue weighted by Crippen LogP contribution is -2.33. The molecule has 104 valence electrons. The molecule has 0 aliphatic carbocycles. The molecular formula is C13H11ClN2O3S. The van der Waals surface area contributed by atoms with E-state index in [0.29, 0.717) is 28.7 Å². The third kappa shape index (κ3) is 3.85. The highest BCUT2D eigenvalue weighted by Crippen LogP contribution is 2.25. The fourth-order valence-corrected chi connectivity index (χ4v) is 2.50. The molecule has 1 aromatic carbocycles. The van der Waals surface area contributed by atoms with Crippen LogP contribution in [0.5, 0.6) is 0 Å². The first-order chi connectivity index (χ1) is 9.56. The largest absolute Gasteiger partial charge is 0.477 e. The number of carboxylic acid groups (broad SMARTS) is 1. The number of thioether (sulfide) groups is 1. The molecule has 0 bridgehead atoms. The van der Waals surface area contributed by atoms with Gasteiger partial charge in [-0.1, -0.05) is 29.8 Å². The number of carboxylic acids is 1. The fourth-order valence-electron chi connectivity index (χ4n) is 1.51. The second-order valence-electron chi connectivity index (χ2n) is 3.92. The first-order valence-electron chi connectivity index (χ1n) is 5.78. The molecule has 0 radical (unpaired) electrons. The van der Waals surface area contributed by atoms with Crippen molar-refractivity contribution < 1.29 is 14.7 Å². The number of carbonyl (C=O) groups is 2. The van der Waals surface area contributed by atoms with Gasteiger partial charge in [0.15, 0.2) is 5.17 Å². The van der Waals surface area contributed by atoms with Crippen LogP contribution in [0.1, 0.15) is 12.0 Å². The summed E-state index contributed by atoms with van der Waals surface area (Å²) in [5.74, 6) is -1.26. The van der Waals surface area contributed by atoms with Crippen LogP contribution < -0.4 is 5.32 Å². The second kappa shape index (κ2) is 6.58. The van der Waals surface area contributed by atoms with E-state index in [1.54, 1.807) is 24.3 Å². The summed E-state index contributed by atoms with van der Waals surface area (Å²) >= 11 is 6.89. The van der Waals surface area contributed by atoms with Crippen molar-refractivity contribution in [1.82, 2.24) is 5.32 Å². The predicted octanol–water partition coefficient (Wildman–Crippen LogP) is 2.37. The van der Waals surface area contributed by atoms with Crippen molar-refractivity contribution in [2.45, 2.75) is 6.42 Å². The smallest absolute Gasteiger partial charge is 0.342 e. The molecule has 1 heterocycles. The maximum atomic E-state index is 11.3. The Morgan fingerprint density at radius 3 is 2.85 bits per heavy atom. The molecular weight excluding hydrogens is 300 g/mol. The van der Waals surface area contributed by atoms with Crippen molar-refractivity contribution in [2.75, 3.05) is 6.54 Å². The monoisotopic (exact) mass is 310 g/mol. The molecule has 0 spiro atoms. The van der Waals surface area contributed by atoms with E-state index in [4.69, 9.17) is 11.6 Å². The average molecular weight is 311 g/mol. The van der Waals surface area contributed by atoms with Crippen molar-refractivity contribution in [1.29, 1.82) is 0 Å². The van der Waals surface area contributed by atoms with E-state index in [0.717, 1.165) is 11.8 Å². The standard InChI is InChI=1S/C13H11ClN2O3S/c14-9-4-2-1-3-8(9)7-10(12(18)19)20-13-15-6-5-11(17)16-13/h1-4,7H,5-6H2,(H,18,19)(H,15,16,17). The molecule has 2 N–H and O–H groups in total. The lowest BCUT2D eigenvalue weighted by atomic mass is 10.2. The van der Waals surface area contributed by atoms with Gasteiger partial charge in [-0.3, -0.25) is 9.79 Å². The summed E-state index contributed by atoms with van der Waals surface area (Å²) in [6, 6.07) is 6.92. The summed E-state index contributed by atoms with van der Waals surface area (Å²) in [6.45, 7) is 0.368. The highest BCUT2D eigenvalue weighted by Gasteiger charge is 2.17. The normalized spacial score (nSPS) is 15.6. The van der Waals surface area contributed by atoms with Crippen LogP contribution in [0.4, 0.5) is 0 Å². The Labute approximate surface area is 124 Å². The van der Waals surface area contributed by atoms with Crippen molar-refractivity contribution >= 4 is 46.5 Å². The molecule has 2 rings (SSSR count). The molecule has 0 atom stereocenters. The van der Waals surface area contributed by atoms with Crippen LogP contribution in [-0.4, -0.2) is 28.7 Å². The Morgan fingerprint density at radius 1 is 1.45 bits per heavy atom. The number of nitrogens with one attached hydrogen (secondary N) is 1. The number of rotatable bonds is 3. The zero-order valence-electron chi connectivity index (χ0n) is 10.3. The molecule has 0 unspecified atom stereocenters. The molecule has 0 aromatic heterocycles. The number of benzene rings is 1. The van der Waals surface area contributed by atoms with Crippen LogP contribution in [0.3, 0.4) is 0 Å². The quantitative estimate of drug-likeness (QED) is 0.840. The number of amidine groups is 1. The van der Waals surface area contributed by atoms with Crippen molar-refractivity contribution in [3.05, 3.63) is 39.8 Å². The van der Waals surface area contributed by atoms with Gasteiger partial charge in [-0.2, -0.15) is 0 Å². The number of aliphatic imine (C=N–C) groups is 1. The van der Waals surface area contributed by atoms with E-state index >= 15 is 0 Å². The minimum atomic E-state index is -1.10. The number of halogens is 1. The van der Waals surface area contributed by atoms with Gasteiger partial charge in [0.2, 0.25) is 5.91 Å². The van der Waals surface area contributed by atoms with E-state index in [1.807, 2.05) is 0 Å².